The van der Waals surface area contributed by atoms with E-state index in [2.05, 4.69) is 0 Å². The van der Waals surface area contributed by atoms with Gasteiger partial charge in [0.05, 0.1) is 0 Å². The highest BCUT2D eigenvalue weighted by Gasteiger charge is 2.16. The van der Waals surface area contributed by atoms with Crippen LogP contribution in [0.25, 0.3) is 0 Å². The summed E-state index contributed by atoms with van der Waals surface area (Å²) in [6, 6.07) is 0. The minimum absolute atomic E-state index is 0.0787. The summed E-state index contributed by atoms with van der Waals surface area (Å²) in [5.41, 5.74) is 10.0. The molecule has 0 radical (unpaired) electrons. The van der Waals surface area contributed by atoms with Gasteiger partial charge in [0.25, 0.3) is 0 Å². The summed E-state index contributed by atoms with van der Waals surface area (Å²) < 4.78 is 0. The van der Waals surface area contributed by atoms with Crippen molar-refractivity contribution in [1.82, 2.24) is 0 Å². The molecule has 4 N–H and O–H groups in total. The smallest absolute Gasteiger partial charge is 0.221 e. The number of nitrogens with two attached hydrogens (primary N) is 2. The zero-order valence-electron chi connectivity index (χ0n) is 7.38. The molecule has 4 nitrogen and oxygen atoms in total. The molecule has 0 aromatic rings. The van der Waals surface area contributed by atoms with Gasteiger partial charge in [-0.2, -0.15) is 0 Å². The molecule has 0 heterocycles. The number of carbonyl (C=O) groups excluding carboxylic acids is 2. The topological polar surface area (TPSA) is 86.2 Å². The van der Waals surface area contributed by atoms with Crippen LogP contribution < -0.4 is 11.5 Å². The first-order valence-electron chi connectivity index (χ1n) is 4.15. The first-order chi connectivity index (χ1) is 5.57. The Bertz CT molecular complexity index is 168. The minimum atomic E-state index is -0.463. The molecule has 0 aromatic heterocycles. The molecule has 0 aliphatic carbocycles. The van der Waals surface area contributed by atoms with Gasteiger partial charge in [-0.15, -0.1) is 0 Å². The van der Waals surface area contributed by atoms with E-state index in [0.717, 1.165) is 12.8 Å². The predicted octanol–water partition coefficient (Wildman–Crippen LogP) is 0.153. The van der Waals surface area contributed by atoms with Crippen molar-refractivity contribution in [1.29, 1.82) is 0 Å². The summed E-state index contributed by atoms with van der Waals surface area (Å²) in [6.45, 7) is 2.02. The summed E-state index contributed by atoms with van der Waals surface area (Å²) >= 11 is 0. The molecule has 12 heavy (non-hydrogen) atoms. The van der Waals surface area contributed by atoms with Crippen LogP contribution in [0.3, 0.4) is 0 Å². The Morgan fingerprint density at radius 1 is 1.33 bits per heavy atom. The molecule has 0 rings (SSSR count). The number of rotatable bonds is 6. The molecule has 0 aliphatic heterocycles. The van der Waals surface area contributed by atoms with E-state index in [1.54, 1.807) is 0 Å². The Balaban J connectivity index is 3.87. The highest BCUT2D eigenvalue weighted by Crippen LogP contribution is 2.11. The van der Waals surface area contributed by atoms with Crippen molar-refractivity contribution in [3.05, 3.63) is 0 Å². The lowest BCUT2D eigenvalue weighted by Crippen LogP contribution is -2.28. The van der Waals surface area contributed by atoms with Gasteiger partial charge in [0, 0.05) is 12.3 Å². The predicted molar refractivity (Wildman–Crippen MR) is 46.0 cm³/mol. The standard InChI is InChI=1S/C8H16N2O2/c1-2-3-4-6(8(10)12)5-7(9)11/h6H,2-5H2,1H3,(H2,9,11)(H2,10,12)/t6-/m1/s1. The molecule has 0 unspecified atom stereocenters. The van der Waals surface area contributed by atoms with Crippen molar-refractivity contribution in [2.75, 3.05) is 0 Å². The lowest BCUT2D eigenvalue weighted by Gasteiger charge is -2.09. The Morgan fingerprint density at radius 2 is 1.92 bits per heavy atom. The maximum atomic E-state index is 10.8. The summed E-state index contributed by atoms with van der Waals surface area (Å²) in [7, 11) is 0. The van der Waals surface area contributed by atoms with Crippen LogP contribution in [0.2, 0.25) is 0 Å². The molecule has 0 fully saturated rings. The Labute approximate surface area is 72.3 Å². The molecule has 4 heteroatoms. The average molecular weight is 172 g/mol. The first-order valence-corrected chi connectivity index (χ1v) is 4.15. The highest BCUT2D eigenvalue weighted by molar-refractivity contribution is 5.83. The quantitative estimate of drug-likeness (QED) is 0.597. The number of hydrogen-bond acceptors (Lipinski definition) is 2. The third kappa shape index (κ3) is 4.71. The monoisotopic (exact) mass is 172 g/mol. The van der Waals surface area contributed by atoms with E-state index in [9.17, 15) is 9.59 Å². The third-order valence-electron chi connectivity index (χ3n) is 1.76. The van der Waals surface area contributed by atoms with Crippen molar-refractivity contribution >= 4 is 11.8 Å². The molecule has 0 saturated heterocycles. The molecular formula is C8H16N2O2. The van der Waals surface area contributed by atoms with E-state index in [1.807, 2.05) is 6.92 Å². The van der Waals surface area contributed by atoms with Crippen molar-refractivity contribution in [3.8, 4) is 0 Å². The largest absolute Gasteiger partial charge is 0.370 e. The van der Waals surface area contributed by atoms with E-state index in [1.165, 1.54) is 0 Å². The average Bonchev–Trinajstić information content (AvgIpc) is 1.96. The summed E-state index contributed by atoms with van der Waals surface area (Å²) in [5.74, 6) is -1.26. The van der Waals surface area contributed by atoms with Gasteiger partial charge in [-0.05, 0) is 6.42 Å². The fraction of sp³-hybridized carbons (Fsp3) is 0.750. The molecule has 0 spiro atoms. The fourth-order valence-electron chi connectivity index (χ4n) is 1.04. The molecule has 1 atom stereocenters. The summed E-state index contributed by atoms with van der Waals surface area (Å²) in [6.07, 6.45) is 2.63. The normalized spacial score (nSPS) is 12.4. The maximum absolute atomic E-state index is 10.8. The third-order valence-corrected chi connectivity index (χ3v) is 1.76. The zero-order valence-corrected chi connectivity index (χ0v) is 7.38. The second kappa shape index (κ2) is 5.57. The van der Waals surface area contributed by atoms with E-state index in [4.69, 9.17) is 11.5 Å². The number of amides is 2. The molecule has 0 bridgehead atoms. The van der Waals surface area contributed by atoms with Crippen LogP contribution in [0, 0.1) is 5.92 Å². The zero-order chi connectivity index (χ0) is 9.56. The molecular weight excluding hydrogens is 156 g/mol. The van der Waals surface area contributed by atoms with Crippen LogP contribution >= 0.6 is 0 Å². The Hall–Kier alpha value is -1.06. The van der Waals surface area contributed by atoms with Gasteiger partial charge in [-0.1, -0.05) is 19.8 Å². The summed E-state index contributed by atoms with van der Waals surface area (Å²) in [5, 5.41) is 0. The number of unbranched alkanes of at least 4 members (excludes halogenated alkanes) is 1. The fourth-order valence-corrected chi connectivity index (χ4v) is 1.04. The first kappa shape index (κ1) is 10.9. The minimum Gasteiger partial charge on any atom is -0.370 e. The molecule has 2 amide bonds. The lowest BCUT2D eigenvalue weighted by molar-refractivity contribution is -0.127. The van der Waals surface area contributed by atoms with Crippen molar-refractivity contribution in [2.24, 2.45) is 17.4 Å². The maximum Gasteiger partial charge on any atom is 0.221 e. The number of primary amides is 2. The number of carbonyl (C=O) groups is 2. The second-order valence-electron chi connectivity index (χ2n) is 2.91. The molecule has 0 aliphatic rings. The molecule has 70 valence electrons. The van der Waals surface area contributed by atoms with Crippen LogP contribution in [0.4, 0.5) is 0 Å². The second-order valence-corrected chi connectivity index (χ2v) is 2.91. The highest BCUT2D eigenvalue weighted by atomic mass is 16.2. The van der Waals surface area contributed by atoms with Crippen LogP contribution in [-0.4, -0.2) is 11.8 Å². The van der Waals surface area contributed by atoms with E-state index in [0.29, 0.717) is 6.42 Å². The van der Waals surface area contributed by atoms with E-state index in [-0.39, 0.29) is 12.3 Å². The van der Waals surface area contributed by atoms with Crippen LogP contribution in [-0.2, 0) is 9.59 Å². The molecule has 0 aromatic carbocycles. The van der Waals surface area contributed by atoms with E-state index >= 15 is 0 Å². The molecule has 0 saturated carbocycles. The van der Waals surface area contributed by atoms with Gasteiger partial charge >= 0.3 is 0 Å². The van der Waals surface area contributed by atoms with Gasteiger partial charge in [0.1, 0.15) is 0 Å². The van der Waals surface area contributed by atoms with Crippen LogP contribution in [0.15, 0.2) is 0 Å². The SMILES string of the molecule is CCCC[C@H](CC(N)=O)C(N)=O. The van der Waals surface area contributed by atoms with Crippen molar-refractivity contribution in [3.63, 3.8) is 0 Å². The Kier molecular flexibility index (Phi) is 5.08. The van der Waals surface area contributed by atoms with Gasteiger partial charge in [0.2, 0.25) is 11.8 Å². The summed E-state index contributed by atoms with van der Waals surface area (Å²) in [4.78, 5) is 21.2. The van der Waals surface area contributed by atoms with Crippen molar-refractivity contribution < 1.29 is 9.59 Å². The Morgan fingerprint density at radius 3 is 2.25 bits per heavy atom. The van der Waals surface area contributed by atoms with Crippen molar-refractivity contribution in [2.45, 2.75) is 32.6 Å². The van der Waals surface area contributed by atoms with Crippen LogP contribution in [0.1, 0.15) is 32.6 Å². The number of hydrogen-bond donors (Lipinski definition) is 2. The van der Waals surface area contributed by atoms with Gasteiger partial charge in [-0.25, -0.2) is 0 Å². The van der Waals surface area contributed by atoms with Gasteiger partial charge < -0.3 is 11.5 Å². The lowest BCUT2D eigenvalue weighted by atomic mass is 9.98. The van der Waals surface area contributed by atoms with E-state index < -0.39 is 11.8 Å². The van der Waals surface area contributed by atoms with Gasteiger partial charge in [0.15, 0.2) is 0 Å². The van der Waals surface area contributed by atoms with Gasteiger partial charge in [-0.3, -0.25) is 9.59 Å². The van der Waals surface area contributed by atoms with Crippen LogP contribution in [0.5, 0.6) is 0 Å².